The van der Waals surface area contributed by atoms with Crippen LogP contribution >= 0.6 is 0 Å². The van der Waals surface area contributed by atoms with Crippen LogP contribution < -0.4 is 5.32 Å². The highest BCUT2D eigenvalue weighted by Crippen LogP contribution is 2.12. The number of rotatable bonds is 3. The number of hydrogen-bond donors (Lipinski definition) is 1. The number of halogens is 2. The summed E-state index contributed by atoms with van der Waals surface area (Å²) in [4.78, 5) is 14.7. The highest BCUT2D eigenvalue weighted by molar-refractivity contribution is 5.94. The normalized spacial score (nSPS) is 19.3. The summed E-state index contributed by atoms with van der Waals surface area (Å²) >= 11 is 0. The zero-order chi connectivity index (χ0) is 12.3. The number of carbonyl (C=O) groups excluding carboxylic acids is 1. The van der Waals surface area contributed by atoms with E-state index in [1.54, 1.807) is 0 Å². The standard InChI is InChI=1S/C11H12F2N2O2/c12-9-8(3-4-14-10(9)13)11(16)15-6-7-2-1-5-17-7/h3-4,7H,1-2,5-6H2,(H,15,16). The largest absolute Gasteiger partial charge is 0.376 e. The van der Waals surface area contributed by atoms with Crippen LogP contribution in [-0.2, 0) is 4.74 Å². The quantitative estimate of drug-likeness (QED) is 0.812. The lowest BCUT2D eigenvalue weighted by atomic mass is 10.2. The van der Waals surface area contributed by atoms with Crippen molar-refractivity contribution >= 4 is 5.91 Å². The van der Waals surface area contributed by atoms with Crippen molar-refractivity contribution in [1.82, 2.24) is 10.3 Å². The van der Waals surface area contributed by atoms with Crippen molar-refractivity contribution in [3.05, 3.63) is 29.6 Å². The first-order chi connectivity index (χ1) is 8.18. The molecule has 0 aliphatic carbocycles. The first-order valence-corrected chi connectivity index (χ1v) is 5.38. The molecule has 0 aromatic carbocycles. The van der Waals surface area contributed by atoms with Crippen molar-refractivity contribution in [1.29, 1.82) is 0 Å². The molecule has 2 rings (SSSR count). The van der Waals surface area contributed by atoms with E-state index in [0.29, 0.717) is 13.2 Å². The average molecular weight is 242 g/mol. The van der Waals surface area contributed by atoms with Gasteiger partial charge in [0, 0.05) is 19.3 Å². The summed E-state index contributed by atoms with van der Waals surface area (Å²) < 4.78 is 31.3. The second kappa shape index (κ2) is 5.18. The fraction of sp³-hybridized carbons (Fsp3) is 0.455. The number of nitrogens with one attached hydrogen (secondary N) is 1. The number of amides is 1. The third-order valence-corrected chi connectivity index (χ3v) is 2.61. The number of nitrogens with zero attached hydrogens (tertiary/aromatic N) is 1. The Labute approximate surface area is 97.0 Å². The zero-order valence-electron chi connectivity index (χ0n) is 9.08. The molecule has 17 heavy (non-hydrogen) atoms. The predicted molar refractivity (Wildman–Crippen MR) is 55.5 cm³/mol. The van der Waals surface area contributed by atoms with Gasteiger partial charge in [-0.3, -0.25) is 4.79 Å². The Morgan fingerprint density at radius 1 is 1.59 bits per heavy atom. The SMILES string of the molecule is O=C(NCC1CCCO1)c1ccnc(F)c1F. The monoisotopic (exact) mass is 242 g/mol. The van der Waals surface area contributed by atoms with E-state index in [1.165, 1.54) is 0 Å². The van der Waals surface area contributed by atoms with Gasteiger partial charge in [0.15, 0.2) is 5.82 Å². The van der Waals surface area contributed by atoms with Crippen molar-refractivity contribution in [3.8, 4) is 0 Å². The van der Waals surface area contributed by atoms with Gasteiger partial charge >= 0.3 is 0 Å². The van der Waals surface area contributed by atoms with Gasteiger partial charge < -0.3 is 10.1 Å². The van der Waals surface area contributed by atoms with Gasteiger partial charge in [0.1, 0.15) is 0 Å². The highest BCUT2D eigenvalue weighted by Gasteiger charge is 2.19. The highest BCUT2D eigenvalue weighted by atomic mass is 19.2. The molecule has 1 fully saturated rings. The molecule has 1 aromatic rings. The van der Waals surface area contributed by atoms with Crippen LogP contribution in [0.2, 0.25) is 0 Å². The van der Waals surface area contributed by atoms with Crippen molar-refractivity contribution in [2.24, 2.45) is 0 Å². The second-order valence-electron chi connectivity index (χ2n) is 3.81. The van der Waals surface area contributed by atoms with Crippen molar-refractivity contribution < 1.29 is 18.3 Å². The molecule has 1 aromatic heterocycles. The first-order valence-electron chi connectivity index (χ1n) is 5.38. The molecule has 1 atom stereocenters. The number of ether oxygens (including phenoxy) is 1. The average Bonchev–Trinajstić information content (AvgIpc) is 2.82. The van der Waals surface area contributed by atoms with Crippen LogP contribution in [0.15, 0.2) is 12.3 Å². The molecule has 2 heterocycles. The van der Waals surface area contributed by atoms with Crippen LogP contribution in [0.3, 0.4) is 0 Å². The summed E-state index contributed by atoms with van der Waals surface area (Å²) in [5.41, 5.74) is -0.338. The fourth-order valence-electron chi connectivity index (χ4n) is 1.70. The van der Waals surface area contributed by atoms with Crippen LogP contribution in [0.5, 0.6) is 0 Å². The van der Waals surface area contributed by atoms with E-state index in [4.69, 9.17) is 4.74 Å². The van der Waals surface area contributed by atoms with Gasteiger partial charge in [0.25, 0.3) is 5.91 Å². The third-order valence-electron chi connectivity index (χ3n) is 2.61. The predicted octanol–water partition coefficient (Wildman–Crippen LogP) is 1.27. The van der Waals surface area contributed by atoms with Crippen LogP contribution in [-0.4, -0.2) is 30.1 Å². The Morgan fingerprint density at radius 2 is 2.41 bits per heavy atom. The maximum Gasteiger partial charge on any atom is 0.254 e. The van der Waals surface area contributed by atoms with E-state index in [1.807, 2.05) is 0 Å². The molecule has 1 saturated heterocycles. The van der Waals surface area contributed by atoms with Gasteiger partial charge in [0.05, 0.1) is 11.7 Å². The lowest BCUT2D eigenvalue weighted by Crippen LogP contribution is -2.32. The lowest BCUT2D eigenvalue weighted by Gasteiger charge is -2.10. The van der Waals surface area contributed by atoms with Gasteiger partial charge in [-0.05, 0) is 18.9 Å². The van der Waals surface area contributed by atoms with Crippen molar-refractivity contribution in [3.63, 3.8) is 0 Å². The molecule has 4 nitrogen and oxygen atoms in total. The van der Waals surface area contributed by atoms with E-state index < -0.39 is 17.7 Å². The van der Waals surface area contributed by atoms with Crippen LogP contribution in [0.4, 0.5) is 8.78 Å². The maximum absolute atomic E-state index is 13.2. The van der Waals surface area contributed by atoms with Gasteiger partial charge in [0.2, 0.25) is 5.95 Å². The summed E-state index contributed by atoms with van der Waals surface area (Å²) in [5, 5.41) is 2.51. The molecular formula is C11H12F2N2O2. The van der Waals surface area contributed by atoms with E-state index in [-0.39, 0.29) is 11.7 Å². The van der Waals surface area contributed by atoms with E-state index >= 15 is 0 Å². The molecule has 1 N–H and O–H groups in total. The van der Waals surface area contributed by atoms with E-state index in [2.05, 4.69) is 10.3 Å². The molecule has 0 bridgehead atoms. The van der Waals surface area contributed by atoms with Crippen LogP contribution in [0.1, 0.15) is 23.2 Å². The summed E-state index contributed by atoms with van der Waals surface area (Å²) in [6.45, 7) is 0.987. The summed E-state index contributed by atoms with van der Waals surface area (Å²) in [6, 6.07) is 1.14. The van der Waals surface area contributed by atoms with Gasteiger partial charge in [-0.2, -0.15) is 4.39 Å². The minimum atomic E-state index is -1.27. The van der Waals surface area contributed by atoms with E-state index in [9.17, 15) is 13.6 Å². The maximum atomic E-state index is 13.2. The Balaban J connectivity index is 1.97. The Bertz CT molecular complexity index is 420. The van der Waals surface area contributed by atoms with Gasteiger partial charge in [-0.1, -0.05) is 0 Å². The molecule has 1 aliphatic rings. The minimum absolute atomic E-state index is 0.0336. The fourth-order valence-corrected chi connectivity index (χ4v) is 1.70. The van der Waals surface area contributed by atoms with Crippen molar-refractivity contribution in [2.45, 2.75) is 18.9 Å². The Hall–Kier alpha value is -1.56. The number of pyridine rings is 1. The second-order valence-corrected chi connectivity index (χ2v) is 3.81. The van der Waals surface area contributed by atoms with Crippen molar-refractivity contribution in [2.75, 3.05) is 13.2 Å². The molecule has 92 valence electrons. The van der Waals surface area contributed by atoms with Crippen LogP contribution in [0, 0.1) is 11.8 Å². The third kappa shape index (κ3) is 2.76. The summed E-state index contributed by atoms with van der Waals surface area (Å²) in [5.74, 6) is -3.15. The molecule has 1 amide bonds. The van der Waals surface area contributed by atoms with E-state index in [0.717, 1.165) is 25.1 Å². The van der Waals surface area contributed by atoms with Gasteiger partial charge in [-0.25, -0.2) is 9.37 Å². The molecule has 1 aliphatic heterocycles. The molecule has 0 saturated carbocycles. The topological polar surface area (TPSA) is 51.2 Å². The zero-order valence-corrected chi connectivity index (χ0v) is 9.08. The minimum Gasteiger partial charge on any atom is -0.376 e. The number of hydrogen-bond acceptors (Lipinski definition) is 3. The molecule has 1 unspecified atom stereocenters. The molecule has 0 spiro atoms. The summed E-state index contributed by atoms with van der Waals surface area (Å²) in [7, 11) is 0. The summed E-state index contributed by atoms with van der Waals surface area (Å²) in [6.07, 6.45) is 2.85. The number of carbonyl (C=O) groups is 1. The molecule has 0 radical (unpaired) electrons. The van der Waals surface area contributed by atoms with Crippen LogP contribution in [0.25, 0.3) is 0 Å². The number of aromatic nitrogens is 1. The smallest absolute Gasteiger partial charge is 0.254 e. The van der Waals surface area contributed by atoms with Gasteiger partial charge in [-0.15, -0.1) is 0 Å². The Morgan fingerprint density at radius 3 is 3.12 bits per heavy atom. The molecule has 6 heteroatoms. The molecular weight excluding hydrogens is 230 g/mol. The lowest BCUT2D eigenvalue weighted by molar-refractivity contribution is 0.0853. The first kappa shape index (κ1) is 11.9. The Kier molecular flexibility index (Phi) is 3.63.